The van der Waals surface area contributed by atoms with E-state index in [-0.39, 0.29) is 22.6 Å². The van der Waals surface area contributed by atoms with Crippen LogP contribution in [-0.2, 0) is 19.2 Å². The van der Waals surface area contributed by atoms with Gasteiger partial charge in [0.15, 0.2) is 10.8 Å². The number of nitrogens with zero attached hydrogens (tertiary/aromatic N) is 3. The maximum absolute atomic E-state index is 13.1. The number of hydrogen-bond donors (Lipinski definition) is 3. The molecule has 0 radical (unpaired) electrons. The fourth-order valence-corrected chi connectivity index (χ4v) is 6.69. The predicted octanol–water partition coefficient (Wildman–Crippen LogP) is 1.66. The number of amides is 2. The van der Waals surface area contributed by atoms with Crippen molar-refractivity contribution in [3.8, 4) is 0 Å². The van der Waals surface area contributed by atoms with Crippen molar-refractivity contribution in [3.05, 3.63) is 11.1 Å². The topological polar surface area (TPSA) is 147 Å². The van der Waals surface area contributed by atoms with E-state index >= 15 is 0 Å². The summed E-state index contributed by atoms with van der Waals surface area (Å²) in [6, 6.07) is -1.79. The summed E-state index contributed by atoms with van der Waals surface area (Å²) < 4.78 is -0.674. The van der Waals surface area contributed by atoms with E-state index in [0.29, 0.717) is 5.92 Å². The molecular weight excluding hydrogens is 454 g/mol. The van der Waals surface area contributed by atoms with Crippen LogP contribution in [0.4, 0.5) is 5.13 Å². The van der Waals surface area contributed by atoms with Crippen LogP contribution < -0.4 is 11.1 Å². The number of hydrogen-bond acceptors (Lipinski definition) is 9. The highest BCUT2D eigenvalue weighted by Gasteiger charge is 2.64. The van der Waals surface area contributed by atoms with Gasteiger partial charge in [-0.25, -0.2) is 9.78 Å². The van der Waals surface area contributed by atoms with E-state index in [4.69, 9.17) is 10.6 Å². The molecule has 4 N–H and O–H groups in total. The lowest BCUT2D eigenvalue weighted by molar-refractivity contribution is -0.160. The smallest absolute Gasteiger partial charge is 0.327 e. The van der Waals surface area contributed by atoms with Gasteiger partial charge < -0.3 is 25.9 Å². The monoisotopic (exact) mass is 481 g/mol. The van der Waals surface area contributed by atoms with E-state index in [0.717, 1.165) is 25.7 Å². The van der Waals surface area contributed by atoms with Crippen LogP contribution in [0.3, 0.4) is 0 Å². The quantitative estimate of drug-likeness (QED) is 0.316. The first-order valence-electron chi connectivity index (χ1n) is 10.6. The molecule has 12 heteroatoms. The third kappa shape index (κ3) is 4.05. The van der Waals surface area contributed by atoms with E-state index in [1.54, 1.807) is 19.2 Å². The van der Waals surface area contributed by atoms with Crippen molar-refractivity contribution < 1.29 is 24.3 Å². The Hall–Kier alpha value is -2.34. The minimum Gasteiger partial charge on any atom is -0.480 e. The highest BCUT2D eigenvalue weighted by molar-refractivity contribution is 8.01. The normalized spacial score (nSPS) is 31.6. The van der Waals surface area contributed by atoms with Gasteiger partial charge in [0.05, 0.1) is 0 Å². The Morgan fingerprint density at radius 3 is 2.72 bits per heavy atom. The maximum atomic E-state index is 13.1. The van der Waals surface area contributed by atoms with Gasteiger partial charge >= 0.3 is 5.97 Å². The minimum atomic E-state index is -1.06. The van der Waals surface area contributed by atoms with Gasteiger partial charge in [-0.05, 0) is 39.0 Å². The van der Waals surface area contributed by atoms with E-state index in [9.17, 15) is 19.5 Å². The first kappa shape index (κ1) is 22.8. The van der Waals surface area contributed by atoms with Crippen molar-refractivity contribution in [2.24, 2.45) is 11.1 Å². The number of fused-ring (bicyclic) bond motifs is 1. The highest BCUT2D eigenvalue weighted by Crippen LogP contribution is 2.50. The van der Waals surface area contributed by atoms with Gasteiger partial charge in [0.25, 0.3) is 5.91 Å². The second-order valence-corrected chi connectivity index (χ2v) is 11.6. The lowest BCUT2D eigenvalue weighted by atomic mass is 9.88. The summed E-state index contributed by atoms with van der Waals surface area (Å²) in [5, 5.41) is 17.9. The number of oxime groups is 1. The largest absolute Gasteiger partial charge is 0.480 e. The number of β-lactam (4-membered cyclic amide) rings is 1. The van der Waals surface area contributed by atoms with Crippen LogP contribution in [0.1, 0.15) is 52.1 Å². The molecule has 10 nitrogen and oxygen atoms in total. The van der Waals surface area contributed by atoms with Crippen LogP contribution in [0, 0.1) is 5.92 Å². The van der Waals surface area contributed by atoms with Crippen molar-refractivity contribution in [3.63, 3.8) is 0 Å². The van der Waals surface area contributed by atoms with Gasteiger partial charge in [0.2, 0.25) is 5.91 Å². The number of nitrogens with one attached hydrogen (secondary N) is 1. The Kier molecular flexibility index (Phi) is 6.10. The molecule has 3 fully saturated rings. The summed E-state index contributed by atoms with van der Waals surface area (Å²) in [4.78, 5) is 48.8. The SMILES string of the molecule is C[C@H]1CCCC[C@H]1ON=C(C(=O)N[C@H]1C(=O)N2[C@@H]1SC(C)(C)[C@@H]2C(=O)O)c1csc(N)n1. The summed E-state index contributed by atoms with van der Waals surface area (Å²) in [5.41, 5.74) is 5.98. The van der Waals surface area contributed by atoms with E-state index in [1.807, 2.05) is 0 Å². The minimum absolute atomic E-state index is 0.0426. The van der Waals surface area contributed by atoms with Gasteiger partial charge in [-0.1, -0.05) is 18.5 Å². The average Bonchev–Trinajstić information content (AvgIpc) is 3.26. The molecule has 2 amide bonds. The molecule has 5 atom stereocenters. The molecule has 0 spiro atoms. The lowest BCUT2D eigenvalue weighted by Crippen LogP contribution is -2.71. The molecule has 3 aliphatic rings. The number of nitrogens with two attached hydrogens (primary N) is 1. The Morgan fingerprint density at radius 2 is 2.09 bits per heavy atom. The molecule has 1 aromatic heterocycles. The van der Waals surface area contributed by atoms with E-state index < -0.39 is 40.0 Å². The molecule has 0 aromatic carbocycles. The first-order valence-corrected chi connectivity index (χ1v) is 12.3. The number of nitrogen functional groups attached to an aromatic ring is 1. The molecule has 0 unspecified atom stereocenters. The zero-order valence-electron chi connectivity index (χ0n) is 18.1. The van der Waals surface area contributed by atoms with Crippen molar-refractivity contribution in [2.75, 3.05) is 5.73 Å². The summed E-state index contributed by atoms with van der Waals surface area (Å²) in [6.07, 6.45) is 4.00. The highest BCUT2D eigenvalue weighted by atomic mass is 32.2. The van der Waals surface area contributed by atoms with Crippen LogP contribution in [0.2, 0.25) is 0 Å². The lowest BCUT2D eigenvalue weighted by Gasteiger charge is -2.43. The third-order valence-corrected chi connectivity index (χ3v) is 8.50. The number of thiazole rings is 1. The number of carboxylic acid groups (broad SMARTS) is 1. The van der Waals surface area contributed by atoms with Gasteiger partial charge in [-0.2, -0.15) is 0 Å². The molecule has 4 rings (SSSR count). The van der Waals surface area contributed by atoms with Crippen LogP contribution in [0.5, 0.6) is 0 Å². The molecule has 32 heavy (non-hydrogen) atoms. The van der Waals surface area contributed by atoms with Gasteiger partial charge in [-0.3, -0.25) is 9.59 Å². The molecule has 1 aromatic rings. The number of aliphatic carboxylic acids is 1. The fourth-order valence-electron chi connectivity index (χ4n) is 4.52. The molecule has 3 heterocycles. The van der Waals surface area contributed by atoms with Crippen molar-refractivity contribution in [1.29, 1.82) is 0 Å². The standard InChI is InChI=1S/C20H27N5O5S2/c1-9-6-4-5-7-11(9)30-24-12(10-8-31-19(21)22-10)15(26)23-13-16(27)25-14(18(28)29)20(2,3)32-17(13)25/h8-9,11,13-14,17H,4-7H2,1-3H3,(H2,21,22)(H,23,26)(H,28,29)/t9-,11+,13-,14-,17+/m0/s1. The van der Waals surface area contributed by atoms with Crippen LogP contribution >= 0.6 is 23.1 Å². The predicted molar refractivity (Wildman–Crippen MR) is 121 cm³/mol. The first-order chi connectivity index (χ1) is 15.1. The molecular formula is C20H27N5O5S2. The summed E-state index contributed by atoms with van der Waals surface area (Å²) in [6.45, 7) is 5.66. The zero-order valence-corrected chi connectivity index (χ0v) is 19.7. The number of carbonyl (C=O) groups is 3. The number of rotatable bonds is 6. The number of carboxylic acids is 1. The fraction of sp³-hybridized carbons (Fsp3) is 0.650. The summed E-state index contributed by atoms with van der Waals surface area (Å²) in [7, 11) is 0. The Labute approximate surface area is 193 Å². The van der Waals surface area contributed by atoms with Gasteiger partial charge in [0, 0.05) is 10.1 Å². The second kappa shape index (κ2) is 8.54. The van der Waals surface area contributed by atoms with E-state index in [1.165, 1.54) is 28.0 Å². The Morgan fingerprint density at radius 1 is 1.38 bits per heavy atom. The van der Waals surface area contributed by atoms with E-state index in [2.05, 4.69) is 22.4 Å². The van der Waals surface area contributed by atoms with Crippen LogP contribution in [0.25, 0.3) is 0 Å². The van der Waals surface area contributed by atoms with Crippen LogP contribution in [0.15, 0.2) is 10.5 Å². The number of aromatic nitrogens is 1. The van der Waals surface area contributed by atoms with Crippen LogP contribution in [-0.4, -0.2) is 66.8 Å². The Bertz CT molecular complexity index is 964. The van der Waals surface area contributed by atoms with Crippen molar-refractivity contribution in [2.45, 2.75) is 74.8 Å². The number of carbonyl (C=O) groups excluding carboxylic acids is 2. The average molecular weight is 482 g/mol. The molecule has 1 aliphatic carbocycles. The van der Waals surface area contributed by atoms with Crippen molar-refractivity contribution in [1.82, 2.24) is 15.2 Å². The van der Waals surface area contributed by atoms with Crippen molar-refractivity contribution >= 4 is 51.7 Å². The molecule has 2 saturated heterocycles. The molecule has 2 aliphatic heterocycles. The number of thioether (sulfide) groups is 1. The third-order valence-electron chi connectivity index (χ3n) is 6.25. The van der Waals surface area contributed by atoms with Gasteiger partial charge in [-0.15, -0.1) is 23.1 Å². The maximum Gasteiger partial charge on any atom is 0.327 e. The summed E-state index contributed by atoms with van der Waals surface area (Å²) >= 11 is 2.54. The summed E-state index contributed by atoms with van der Waals surface area (Å²) in [5.74, 6) is -1.76. The Balaban J connectivity index is 1.52. The second-order valence-electron chi connectivity index (χ2n) is 8.97. The zero-order chi connectivity index (χ0) is 23.2. The molecule has 174 valence electrons. The van der Waals surface area contributed by atoms with Gasteiger partial charge in [0.1, 0.15) is 29.3 Å². The molecule has 1 saturated carbocycles. The number of anilines is 1. The molecule has 0 bridgehead atoms.